The first-order valence-corrected chi connectivity index (χ1v) is 6.64. The summed E-state index contributed by atoms with van der Waals surface area (Å²) in [6.07, 6.45) is -0.792. The zero-order valence-electron chi connectivity index (χ0n) is 8.54. The van der Waals surface area contributed by atoms with Crippen LogP contribution in [0, 0.1) is 0 Å². The Balaban J connectivity index is 2.52. The number of aliphatic hydroxyl groups excluding tert-OH is 1. The molecule has 5 nitrogen and oxygen atoms in total. The van der Waals surface area contributed by atoms with E-state index in [4.69, 9.17) is 0 Å². The second-order valence-corrected chi connectivity index (χ2v) is 6.12. The fourth-order valence-corrected chi connectivity index (χ4v) is 2.23. The molecule has 86 valence electrons. The van der Waals surface area contributed by atoms with E-state index in [1.54, 1.807) is 6.07 Å². The van der Waals surface area contributed by atoms with Gasteiger partial charge in [-0.2, -0.15) is 17.4 Å². The molecule has 1 unspecified atom stereocenters. The van der Waals surface area contributed by atoms with Crippen LogP contribution in [-0.4, -0.2) is 38.5 Å². The smallest absolute Gasteiger partial charge is 0.279 e. The van der Waals surface area contributed by atoms with Gasteiger partial charge in [0.25, 0.3) is 10.2 Å². The summed E-state index contributed by atoms with van der Waals surface area (Å²) in [7, 11) is -0.596. The zero-order valence-corrected chi connectivity index (χ0v) is 10.2. The number of rotatable bonds is 5. The first-order chi connectivity index (χ1) is 6.93. The third-order valence-corrected chi connectivity index (χ3v) is 4.28. The number of nitrogens with zero attached hydrogens (tertiary/aromatic N) is 1. The second-order valence-electron chi connectivity index (χ2n) is 3.17. The van der Waals surface area contributed by atoms with Crippen molar-refractivity contribution >= 4 is 21.5 Å². The maximum atomic E-state index is 11.3. The maximum Gasteiger partial charge on any atom is 0.279 e. The fraction of sp³-hybridized carbons (Fsp3) is 0.500. The normalized spacial score (nSPS) is 14.4. The Labute approximate surface area is 93.5 Å². The Bertz CT molecular complexity index is 386. The van der Waals surface area contributed by atoms with E-state index < -0.39 is 16.3 Å². The lowest BCUT2D eigenvalue weighted by Crippen LogP contribution is -2.37. The molecule has 0 amide bonds. The highest BCUT2D eigenvalue weighted by atomic mass is 32.2. The molecule has 0 bridgehead atoms. The number of hydrogen-bond acceptors (Lipinski definition) is 4. The number of hydrogen-bond donors (Lipinski definition) is 2. The predicted octanol–water partition coefficient (Wildman–Crippen LogP) is 0.178. The largest absolute Gasteiger partial charge is 0.386 e. The molecule has 15 heavy (non-hydrogen) atoms. The van der Waals surface area contributed by atoms with Crippen molar-refractivity contribution in [3.05, 3.63) is 22.4 Å². The molecule has 0 fully saturated rings. The standard InChI is InChI=1S/C8H14N2O3S2/c1-10(2)15(12,13)9-6-7(11)8-4-3-5-14-8/h3-5,7,9,11H,6H2,1-2H3. The Hall–Kier alpha value is -0.470. The van der Waals surface area contributed by atoms with E-state index in [1.165, 1.54) is 25.4 Å². The first-order valence-electron chi connectivity index (χ1n) is 4.32. The molecule has 1 atom stereocenters. The van der Waals surface area contributed by atoms with Crippen molar-refractivity contribution in [3.63, 3.8) is 0 Å². The molecule has 1 aromatic heterocycles. The Kier molecular flexibility index (Phi) is 4.23. The van der Waals surface area contributed by atoms with Gasteiger partial charge < -0.3 is 5.11 Å². The van der Waals surface area contributed by atoms with Gasteiger partial charge in [0, 0.05) is 25.5 Å². The minimum Gasteiger partial charge on any atom is -0.386 e. The highest BCUT2D eigenvalue weighted by Crippen LogP contribution is 2.17. The molecule has 0 spiro atoms. The summed E-state index contributed by atoms with van der Waals surface area (Å²) in [5.41, 5.74) is 0. The average molecular weight is 250 g/mol. The molecule has 0 aliphatic carbocycles. The van der Waals surface area contributed by atoms with Crippen molar-refractivity contribution < 1.29 is 13.5 Å². The van der Waals surface area contributed by atoms with E-state index in [-0.39, 0.29) is 6.54 Å². The van der Waals surface area contributed by atoms with E-state index in [2.05, 4.69) is 4.72 Å². The van der Waals surface area contributed by atoms with Crippen molar-refractivity contribution in [3.8, 4) is 0 Å². The molecular weight excluding hydrogens is 236 g/mol. The Morgan fingerprint density at radius 2 is 2.27 bits per heavy atom. The molecule has 0 radical (unpaired) electrons. The number of aliphatic hydroxyl groups is 1. The lowest BCUT2D eigenvalue weighted by Gasteiger charge is -2.14. The van der Waals surface area contributed by atoms with Gasteiger partial charge in [-0.05, 0) is 11.4 Å². The van der Waals surface area contributed by atoms with Crippen molar-refractivity contribution in [2.24, 2.45) is 0 Å². The summed E-state index contributed by atoms with van der Waals surface area (Å²) < 4.78 is 26.0. The molecule has 7 heteroatoms. The van der Waals surface area contributed by atoms with Gasteiger partial charge in [0.05, 0.1) is 0 Å². The maximum absolute atomic E-state index is 11.3. The molecule has 0 aromatic carbocycles. The van der Waals surface area contributed by atoms with Crippen LogP contribution < -0.4 is 4.72 Å². The summed E-state index contributed by atoms with van der Waals surface area (Å²) in [5, 5.41) is 11.5. The van der Waals surface area contributed by atoms with Gasteiger partial charge in [0.2, 0.25) is 0 Å². The first kappa shape index (κ1) is 12.6. The van der Waals surface area contributed by atoms with Crippen LogP contribution >= 0.6 is 11.3 Å². The van der Waals surface area contributed by atoms with Crippen molar-refractivity contribution in [1.29, 1.82) is 0 Å². The molecule has 0 aliphatic heterocycles. The fourth-order valence-electron chi connectivity index (χ4n) is 0.895. The topological polar surface area (TPSA) is 69.6 Å². The number of thiophene rings is 1. The lowest BCUT2D eigenvalue weighted by molar-refractivity contribution is 0.185. The van der Waals surface area contributed by atoms with Crippen molar-refractivity contribution in [2.45, 2.75) is 6.10 Å². The van der Waals surface area contributed by atoms with Gasteiger partial charge >= 0.3 is 0 Å². The van der Waals surface area contributed by atoms with Crippen LogP contribution in [0.5, 0.6) is 0 Å². The summed E-state index contributed by atoms with van der Waals surface area (Å²) in [4.78, 5) is 0.747. The van der Waals surface area contributed by atoms with Gasteiger partial charge in [-0.15, -0.1) is 11.3 Å². The molecular formula is C8H14N2O3S2. The minimum absolute atomic E-state index is 0.0129. The molecule has 1 heterocycles. The second kappa shape index (κ2) is 5.04. The predicted molar refractivity (Wildman–Crippen MR) is 59.9 cm³/mol. The third-order valence-electron chi connectivity index (χ3n) is 1.81. The average Bonchev–Trinajstić information content (AvgIpc) is 2.66. The van der Waals surface area contributed by atoms with E-state index in [0.717, 1.165) is 9.18 Å². The minimum atomic E-state index is -3.46. The van der Waals surface area contributed by atoms with E-state index >= 15 is 0 Å². The van der Waals surface area contributed by atoms with E-state index in [0.29, 0.717) is 0 Å². The molecule has 1 rings (SSSR count). The lowest BCUT2D eigenvalue weighted by atomic mass is 10.3. The summed E-state index contributed by atoms with van der Waals surface area (Å²) >= 11 is 1.39. The van der Waals surface area contributed by atoms with Gasteiger partial charge in [-0.3, -0.25) is 0 Å². The van der Waals surface area contributed by atoms with Crippen molar-refractivity contribution in [1.82, 2.24) is 9.03 Å². The molecule has 1 aromatic rings. The van der Waals surface area contributed by atoms with Crippen LogP contribution in [0.4, 0.5) is 0 Å². The van der Waals surface area contributed by atoms with E-state index in [1.807, 2.05) is 11.4 Å². The Morgan fingerprint density at radius 3 is 2.73 bits per heavy atom. The van der Waals surface area contributed by atoms with Crippen LogP contribution in [-0.2, 0) is 10.2 Å². The highest BCUT2D eigenvalue weighted by molar-refractivity contribution is 7.87. The van der Waals surface area contributed by atoms with Gasteiger partial charge in [0.1, 0.15) is 6.10 Å². The quantitative estimate of drug-likeness (QED) is 0.783. The van der Waals surface area contributed by atoms with Crippen LogP contribution in [0.25, 0.3) is 0 Å². The summed E-state index contributed by atoms with van der Waals surface area (Å²) in [5.74, 6) is 0. The summed E-state index contributed by atoms with van der Waals surface area (Å²) in [6, 6.07) is 3.57. The number of nitrogens with one attached hydrogen (secondary N) is 1. The third kappa shape index (κ3) is 3.54. The zero-order chi connectivity index (χ0) is 11.5. The molecule has 0 aliphatic rings. The van der Waals surface area contributed by atoms with Crippen LogP contribution in [0.1, 0.15) is 11.0 Å². The van der Waals surface area contributed by atoms with E-state index in [9.17, 15) is 13.5 Å². The van der Waals surface area contributed by atoms with Gasteiger partial charge in [0.15, 0.2) is 0 Å². The highest BCUT2D eigenvalue weighted by Gasteiger charge is 2.16. The van der Waals surface area contributed by atoms with Gasteiger partial charge in [-0.1, -0.05) is 6.07 Å². The SMILES string of the molecule is CN(C)S(=O)(=O)NCC(O)c1cccs1. The molecule has 0 saturated carbocycles. The monoisotopic (exact) mass is 250 g/mol. The van der Waals surface area contributed by atoms with Crippen LogP contribution in [0.15, 0.2) is 17.5 Å². The summed E-state index contributed by atoms with van der Waals surface area (Å²) in [6.45, 7) is -0.0129. The Morgan fingerprint density at radius 1 is 1.60 bits per heavy atom. The molecule has 0 saturated heterocycles. The van der Waals surface area contributed by atoms with Crippen molar-refractivity contribution in [2.75, 3.05) is 20.6 Å². The molecule has 2 N–H and O–H groups in total. The van der Waals surface area contributed by atoms with Crippen LogP contribution in [0.3, 0.4) is 0 Å². The van der Waals surface area contributed by atoms with Crippen LogP contribution in [0.2, 0.25) is 0 Å². The van der Waals surface area contributed by atoms with Gasteiger partial charge in [-0.25, -0.2) is 0 Å².